The molecule has 1 saturated heterocycles. The first kappa shape index (κ1) is 17.4. The van der Waals surface area contributed by atoms with Gasteiger partial charge in [0.1, 0.15) is 0 Å². The first-order valence-corrected chi connectivity index (χ1v) is 8.48. The van der Waals surface area contributed by atoms with Crippen molar-refractivity contribution in [3.05, 3.63) is 0 Å². The van der Waals surface area contributed by atoms with Crippen LogP contribution < -0.4 is 11.1 Å². The topological polar surface area (TPSA) is 58.4 Å². The number of nitrogens with two attached hydrogens (primary N) is 1. The highest BCUT2D eigenvalue weighted by Crippen LogP contribution is 2.11. The third-order valence-corrected chi connectivity index (χ3v) is 4.16. The van der Waals surface area contributed by atoms with Crippen LogP contribution in [0, 0.1) is 0 Å². The molecule has 0 atom stereocenters. The molecule has 0 aliphatic carbocycles. The fourth-order valence-electron chi connectivity index (χ4n) is 2.85. The molecule has 0 radical (unpaired) electrons. The van der Waals surface area contributed by atoms with Gasteiger partial charge in [-0.15, -0.1) is 0 Å². The third-order valence-electron chi connectivity index (χ3n) is 4.16. The molecule has 20 heavy (non-hydrogen) atoms. The second kappa shape index (κ2) is 11.1. The van der Waals surface area contributed by atoms with Crippen LogP contribution in [-0.2, 0) is 4.79 Å². The van der Waals surface area contributed by atoms with Crippen LogP contribution in [0.5, 0.6) is 0 Å². The van der Waals surface area contributed by atoms with Crippen molar-refractivity contribution in [2.24, 2.45) is 5.73 Å². The molecule has 4 nitrogen and oxygen atoms in total. The van der Waals surface area contributed by atoms with Gasteiger partial charge in [0.15, 0.2) is 0 Å². The van der Waals surface area contributed by atoms with Crippen LogP contribution in [0.15, 0.2) is 0 Å². The van der Waals surface area contributed by atoms with Crippen molar-refractivity contribution in [3.63, 3.8) is 0 Å². The highest BCUT2D eigenvalue weighted by atomic mass is 16.1. The zero-order valence-electron chi connectivity index (χ0n) is 13.2. The van der Waals surface area contributed by atoms with E-state index in [1.54, 1.807) is 0 Å². The van der Waals surface area contributed by atoms with Crippen molar-refractivity contribution >= 4 is 5.91 Å². The van der Waals surface area contributed by atoms with Crippen molar-refractivity contribution < 1.29 is 4.79 Å². The first-order valence-electron chi connectivity index (χ1n) is 8.48. The van der Waals surface area contributed by atoms with Gasteiger partial charge in [-0.1, -0.05) is 39.0 Å². The molecule has 0 saturated carbocycles. The predicted octanol–water partition coefficient (Wildman–Crippen LogP) is 2.28. The summed E-state index contributed by atoms with van der Waals surface area (Å²) in [5, 5.41) is 3.19. The molecule has 1 fully saturated rings. The number of unbranched alkanes of at least 4 members (excludes halogenated alkanes) is 5. The zero-order valence-corrected chi connectivity index (χ0v) is 13.2. The second-order valence-corrected chi connectivity index (χ2v) is 5.99. The number of carbonyl (C=O) groups is 1. The largest absolute Gasteiger partial charge is 0.353 e. The third kappa shape index (κ3) is 7.85. The minimum absolute atomic E-state index is 0.248. The Morgan fingerprint density at radius 1 is 1.15 bits per heavy atom. The predicted molar refractivity (Wildman–Crippen MR) is 84.7 cm³/mol. The van der Waals surface area contributed by atoms with Crippen LogP contribution in [-0.4, -0.2) is 43.0 Å². The fourth-order valence-corrected chi connectivity index (χ4v) is 2.85. The van der Waals surface area contributed by atoms with Crippen LogP contribution in [0.1, 0.15) is 64.7 Å². The van der Waals surface area contributed by atoms with Crippen molar-refractivity contribution in [1.82, 2.24) is 10.2 Å². The maximum atomic E-state index is 11.9. The molecular formula is C16H33N3O. The second-order valence-electron chi connectivity index (χ2n) is 5.99. The first-order chi connectivity index (χ1) is 9.76. The zero-order chi connectivity index (χ0) is 14.6. The number of hydrogen-bond acceptors (Lipinski definition) is 3. The lowest BCUT2D eigenvalue weighted by Crippen LogP contribution is -2.45. The monoisotopic (exact) mass is 283 g/mol. The molecule has 0 aromatic heterocycles. The molecule has 1 amide bonds. The van der Waals surface area contributed by atoms with E-state index in [9.17, 15) is 4.79 Å². The molecule has 1 rings (SSSR count). The van der Waals surface area contributed by atoms with Crippen LogP contribution in [0.2, 0.25) is 0 Å². The van der Waals surface area contributed by atoms with Crippen molar-refractivity contribution in [2.75, 3.05) is 26.2 Å². The van der Waals surface area contributed by atoms with E-state index in [1.165, 1.54) is 32.1 Å². The Morgan fingerprint density at radius 3 is 2.45 bits per heavy atom. The number of piperidine rings is 1. The molecule has 0 aromatic carbocycles. The van der Waals surface area contributed by atoms with Crippen LogP contribution in [0.4, 0.5) is 0 Å². The van der Waals surface area contributed by atoms with Gasteiger partial charge in [-0.05, 0) is 19.3 Å². The van der Waals surface area contributed by atoms with E-state index in [4.69, 9.17) is 5.73 Å². The van der Waals surface area contributed by atoms with Gasteiger partial charge in [0.05, 0.1) is 0 Å². The van der Waals surface area contributed by atoms with Gasteiger partial charge in [0.25, 0.3) is 0 Å². The molecule has 1 heterocycles. The molecule has 1 aliphatic heterocycles. The van der Waals surface area contributed by atoms with Gasteiger partial charge in [-0.2, -0.15) is 0 Å². The summed E-state index contributed by atoms with van der Waals surface area (Å²) in [4.78, 5) is 14.2. The minimum atomic E-state index is 0.248. The Morgan fingerprint density at radius 2 is 1.80 bits per heavy atom. The summed E-state index contributed by atoms with van der Waals surface area (Å²) >= 11 is 0. The Kier molecular flexibility index (Phi) is 9.67. The lowest BCUT2D eigenvalue weighted by atomic mass is 10.0. The summed E-state index contributed by atoms with van der Waals surface area (Å²) in [6.45, 7) is 6.08. The number of amides is 1. The van der Waals surface area contributed by atoms with E-state index in [2.05, 4.69) is 17.1 Å². The number of hydrogen-bond donors (Lipinski definition) is 2. The van der Waals surface area contributed by atoms with Crippen LogP contribution in [0.25, 0.3) is 0 Å². The summed E-state index contributed by atoms with van der Waals surface area (Å²) < 4.78 is 0. The van der Waals surface area contributed by atoms with Gasteiger partial charge >= 0.3 is 0 Å². The molecule has 1 aliphatic rings. The molecule has 0 spiro atoms. The van der Waals surface area contributed by atoms with E-state index in [0.717, 1.165) is 45.4 Å². The Hall–Kier alpha value is -0.610. The normalized spacial score (nSPS) is 17.3. The highest BCUT2D eigenvalue weighted by molar-refractivity contribution is 5.76. The maximum absolute atomic E-state index is 11.9. The molecule has 118 valence electrons. The quantitative estimate of drug-likeness (QED) is 0.605. The summed E-state index contributed by atoms with van der Waals surface area (Å²) in [5.74, 6) is 0.248. The lowest BCUT2D eigenvalue weighted by molar-refractivity contribution is -0.122. The minimum Gasteiger partial charge on any atom is -0.353 e. The SMILES string of the molecule is CCCCCCCCC(=O)NC1CCN(CCN)CC1. The molecular weight excluding hydrogens is 250 g/mol. The number of nitrogens with zero attached hydrogens (tertiary/aromatic N) is 1. The van der Waals surface area contributed by atoms with E-state index in [0.29, 0.717) is 12.5 Å². The standard InChI is InChI=1S/C16H33N3O/c1-2-3-4-5-6-7-8-16(20)18-15-9-12-19(13-10-15)14-11-17/h15H,2-14,17H2,1H3,(H,18,20). The van der Waals surface area contributed by atoms with E-state index < -0.39 is 0 Å². The highest BCUT2D eigenvalue weighted by Gasteiger charge is 2.19. The summed E-state index contributed by atoms with van der Waals surface area (Å²) in [6.07, 6.45) is 10.3. The summed E-state index contributed by atoms with van der Waals surface area (Å²) in [5.41, 5.74) is 5.56. The number of rotatable bonds is 10. The maximum Gasteiger partial charge on any atom is 0.220 e. The summed E-state index contributed by atoms with van der Waals surface area (Å²) in [7, 11) is 0. The lowest BCUT2D eigenvalue weighted by Gasteiger charge is -2.32. The number of nitrogens with one attached hydrogen (secondary N) is 1. The number of carbonyl (C=O) groups excluding carboxylic acids is 1. The van der Waals surface area contributed by atoms with Gasteiger partial charge in [-0.3, -0.25) is 4.79 Å². The van der Waals surface area contributed by atoms with E-state index in [-0.39, 0.29) is 5.91 Å². The van der Waals surface area contributed by atoms with Crippen LogP contribution in [0.3, 0.4) is 0 Å². The van der Waals surface area contributed by atoms with Gasteiger partial charge in [0.2, 0.25) is 5.91 Å². The molecule has 0 aromatic rings. The Labute approximate surface area is 124 Å². The van der Waals surface area contributed by atoms with Crippen LogP contribution >= 0.6 is 0 Å². The number of likely N-dealkylation sites (tertiary alicyclic amines) is 1. The van der Waals surface area contributed by atoms with Crippen molar-refractivity contribution in [3.8, 4) is 0 Å². The van der Waals surface area contributed by atoms with Gasteiger partial charge in [-0.25, -0.2) is 0 Å². The molecule has 3 N–H and O–H groups in total. The molecule has 4 heteroatoms. The Balaban J connectivity index is 2.00. The smallest absolute Gasteiger partial charge is 0.220 e. The average Bonchev–Trinajstić information content (AvgIpc) is 2.45. The fraction of sp³-hybridized carbons (Fsp3) is 0.938. The molecule has 0 unspecified atom stereocenters. The van der Waals surface area contributed by atoms with E-state index in [1.807, 2.05) is 0 Å². The summed E-state index contributed by atoms with van der Waals surface area (Å²) in [6, 6.07) is 0.386. The average molecular weight is 283 g/mol. The van der Waals surface area contributed by atoms with Crippen molar-refractivity contribution in [1.29, 1.82) is 0 Å². The van der Waals surface area contributed by atoms with Gasteiger partial charge in [0, 0.05) is 38.6 Å². The molecule has 0 bridgehead atoms. The van der Waals surface area contributed by atoms with E-state index >= 15 is 0 Å². The van der Waals surface area contributed by atoms with Crippen molar-refractivity contribution in [2.45, 2.75) is 70.8 Å². The Bertz CT molecular complexity index is 250. The van der Waals surface area contributed by atoms with Gasteiger partial charge < -0.3 is 16.0 Å².